The topological polar surface area (TPSA) is 65.0 Å². The average molecular weight is 272 g/mol. The molecular weight excluding hydrogens is 262 g/mol. The molecule has 1 N–H and O–H groups in total. The molecule has 5 nitrogen and oxygen atoms in total. The predicted molar refractivity (Wildman–Crippen MR) is 60.7 cm³/mol. The summed E-state index contributed by atoms with van der Waals surface area (Å²) in [5.41, 5.74) is 0.326. The van der Waals surface area contributed by atoms with Crippen molar-refractivity contribution in [3.63, 3.8) is 0 Å². The minimum atomic E-state index is -2.62. The molecule has 102 valence electrons. The summed E-state index contributed by atoms with van der Waals surface area (Å²) in [7, 11) is 0. The summed E-state index contributed by atoms with van der Waals surface area (Å²) in [6.45, 7) is -0.761. The number of carboxylic acid groups (broad SMARTS) is 1. The molecule has 2 rings (SSSR count). The van der Waals surface area contributed by atoms with Gasteiger partial charge >= 0.3 is 5.97 Å². The molecule has 0 aliphatic carbocycles. The van der Waals surface area contributed by atoms with Crippen molar-refractivity contribution in [3.8, 4) is 17.2 Å². The first-order valence-electron chi connectivity index (χ1n) is 5.32. The Bertz CT molecular complexity index is 513. The summed E-state index contributed by atoms with van der Waals surface area (Å²) in [6, 6.07) is 2.87. The molecular formula is C12H10F2O5. The van der Waals surface area contributed by atoms with Gasteiger partial charge in [-0.2, -0.15) is 0 Å². The number of rotatable bonds is 5. The van der Waals surface area contributed by atoms with Crippen LogP contribution in [0.2, 0.25) is 0 Å². The smallest absolute Gasteiger partial charge is 0.328 e. The Morgan fingerprint density at radius 1 is 1.42 bits per heavy atom. The van der Waals surface area contributed by atoms with E-state index in [0.717, 1.165) is 6.08 Å². The summed E-state index contributed by atoms with van der Waals surface area (Å²) in [6.07, 6.45) is -0.501. The number of halogens is 2. The third-order valence-electron chi connectivity index (χ3n) is 2.28. The van der Waals surface area contributed by atoms with E-state index in [1.807, 2.05) is 0 Å². The number of benzene rings is 1. The summed E-state index contributed by atoms with van der Waals surface area (Å²) >= 11 is 0. The number of ether oxygens (including phenoxy) is 3. The van der Waals surface area contributed by atoms with Gasteiger partial charge in [-0.1, -0.05) is 0 Å². The first-order chi connectivity index (χ1) is 9.06. The van der Waals surface area contributed by atoms with Crippen molar-refractivity contribution in [2.45, 2.75) is 6.43 Å². The third-order valence-corrected chi connectivity index (χ3v) is 2.28. The van der Waals surface area contributed by atoms with E-state index in [2.05, 4.69) is 0 Å². The maximum atomic E-state index is 12.1. The van der Waals surface area contributed by atoms with Crippen LogP contribution in [0.5, 0.6) is 17.2 Å². The van der Waals surface area contributed by atoms with Crippen molar-refractivity contribution in [2.24, 2.45) is 0 Å². The van der Waals surface area contributed by atoms with Crippen LogP contribution < -0.4 is 14.2 Å². The fourth-order valence-corrected chi connectivity index (χ4v) is 1.51. The Morgan fingerprint density at radius 3 is 2.74 bits per heavy atom. The molecule has 0 aromatic heterocycles. The van der Waals surface area contributed by atoms with E-state index in [1.165, 1.54) is 18.2 Å². The highest BCUT2D eigenvalue weighted by molar-refractivity contribution is 5.86. The Labute approximate surface area is 107 Å². The molecule has 19 heavy (non-hydrogen) atoms. The zero-order valence-electron chi connectivity index (χ0n) is 9.64. The maximum absolute atomic E-state index is 12.1. The molecule has 1 aromatic carbocycles. The number of aliphatic carboxylic acids is 1. The SMILES string of the molecule is O=C(O)C=Cc1cc2c(cc1OCC(F)F)OCO2. The molecule has 0 unspecified atom stereocenters. The standard InChI is InChI=1S/C12H10F2O5/c13-11(14)5-17-8-4-10-9(18-6-19-10)3-7(8)1-2-12(15)16/h1-4,11H,5-6H2,(H,15,16). The van der Waals surface area contributed by atoms with Gasteiger partial charge in [-0.05, 0) is 12.1 Å². The highest BCUT2D eigenvalue weighted by atomic mass is 19.3. The van der Waals surface area contributed by atoms with Crippen LogP contribution in [-0.4, -0.2) is 30.9 Å². The number of carboxylic acids is 1. The van der Waals surface area contributed by atoms with Crippen LogP contribution in [0.4, 0.5) is 8.78 Å². The van der Waals surface area contributed by atoms with Gasteiger partial charge in [0.15, 0.2) is 11.5 Å². The van der Waals surface area contributed by atoms with Crippen molar-refractivity contribution in [1.29, 1.82) is 0 Å². The van der Waals surface area contributed by atoms with Crippen LogP contribution >= 0.6 is 0 Å². The van der Waals surface area contributed by atoms with Gasteiger partial charge in [-0.3, -0.25) is 0 Å². The lowest BCUT2D eigenvalue weighted by atomic mass is 10.1. The number of hydrogen-bond donors (Lipinski definition) is 1. The first-order valence-corrected chi connectivity index (χ1v) is 5.32. The van der Waals surface area contributed by atoms with E-state index in [9.17, 15) is 13.6 Å². The summed E-state index contributed by atoms with van der Waals surface area (Å²) in [5, 5.41) is 8.57. The van der Waals surface area contributed by atoms with Gasteiger partial charge in [-0.15, -0.1) is 0 Å². The quantitative estimate of drug-likeness (QED) is 0.832. The fraction of sp³-hybridized carbons (Fsp3) is 0.250. The molecule has 0 amide bonds. The van der Waals surface area contributed by atoms with Gasteiger partial charge in [0.25, 0.3) is 6.43 Å². The molecule has 0 saturated carbocycles. The normalized spacial score (nSPS) is 13.2. The Hall–Kier alpha value is -2.31. The minimum Gasteiger partial charge on any atom is -0.487 e. The highest BCUT2D eigenvalue weighted by Gasteiger charge is 2.18. The average Bonchev–Trinajstić information content (AvgIpc) is 2.79. The van der Waals surface area contributed by atoms with E-state index in [0.29, 0.717) is 17.1 Å². The zero-order valence-corrected chi connectivity index (χ0v) is 9.64. The van der Waals surface area contributed by atoms with Crippen molar-refractivity contribution in [3.05, 3.63) is 23.8 Å². The predicted octanol–water partition coefficient (Wildman–Crippen LogP) is 2.16. The van der Waals surface area contributed by atoms with Gasteiger partial charge in [0.05, 0.1) is 0 Å². The van der Waals surface area contributed by atoms with Crippen molar-refractivity contribution >= 4 is 12.0 Å². The van der Waals surface area contributed by atoms with E-state index < -0.39 is 19.0 Å². The maximum Gasteiger partial charge on any atom is 0.328 e. The van der Waals surface area contributed by atoms with Crippen LogP contribution in [0, 0.1) is 0 Å². The first kappa shape index (κ1) is 13.1. The van der Waals surface area contributed by atoms with E-state index >= 15 is 0 Å². The molecule has 1 aliphatic heterocycles. The number of alkyl halides is 2. The Morgan fingerprint density at radius 2 is 2.11 bits per heavy atom. The van der Waals surface area contributed by atoms with Crippen LogP contribution in [-0.2, 0) is 4.79 Å². The summed E-state index contributed by atoms with van der Waals surface area (Å²) in [5.74, 6) is -0.259. The lowest BCUT2D eigenvalue weighted by molar-refractivity contribution is -0.131. The molecule has 7 heteroatoms. The summed E-state index contributed by atoms with van der Waals surface area (Å²) in [4.78, 5) is 10.5. The Balaban J connectivity index is 2.29. The lowest BCUT2D eigenvalue weighted by Gasteiger charge is -2.09. The molecule has 0 spiro atoms. The molecule has 1 heterocycles. The second kappa shape index (κ2) is 5.55. The van der Waals surface area contributed by atoms with E-state index in [4.69, 9.17) is 19.3 Å². The molecule has 0 bridgehead atoms. The molecule has 0 saturated heterocycles. The molecule has 0 fully saturated rings. The van der Waals surface area contributed by atoms with Crippen LogP contribution in [0.25, 0.3) is 6.08 Å². The van der Waals surface area contributed by atoms with Crippen molar-refractivity contribution in [1.82, 2.24) is 0 Å². The van der Waals surface area contributed by atoms with Gasteiger partial charge in [0, 0.05) is 17.7 Å². The number of fused-ring (bicyclic) bond motifs is 1. The highest BCUT2D eigenvalue weighted by Crippen LogP contribution is 2.38. The Kier molecular flexibility index (Phi) is 3.84. The number of carbonyl (C=O) groups is 1. The lowest BCUT2D eigenvalue weighted by Crippen LogP contribution is -2.07. The van der Waals surface area contributed by atoms with Crippen molar-refractivity contribution < 1.29 is 32.9 Å². The van der Waals surface area contributed by atoms with E-state index in [1.54, 1.807) is 0 Å². The third kappa shape index (κ3) is 3.34. The minimum absolute atomic E-state index is 0.0235. The second-order valence-corrected chi connectivity index (χ2v) is 3.62. The number of hydrogen-bond acceptors (Lipinski definition) is 4. The van der Waals surface area contributed by atoms with Crippen LogP contribution in [0.15, 0.2) is 18.2 Å². The fourth-order valence-electron chi connectivity index (χ4n) is 1.51. The van der Waals surface area contributed by atoms with Gasteiger partial charge < -0.3 is 19.3 Å². The molecule has 1 aromatic rings. The van der Waals surface area contributed by atoms with Gasteiger partial charge in [0.2, 0.25) is 6.79 Å². The van der Waals surface area contributed by atoms with Gasteiger partial charge in [-0.25, -0.2) is 13.6 Å². The monoisotopic (exact) mass is 272 g/mol. The molecule has 0 atom stereocenters. The van der Waals surface area contributed by atoms with E-state index in [-0.39, 0.29) is 12.5 Å². The summed E-state index contributed by atoms with van der Waals surface area (Å²) < 4.78 is 39.4. The van der Waals surface area contributed by atoms with Crippen LogP contribution in [0.3, 0.4) is 0 Å². The largest absolute Gasteiger partial charge is 0.487 e. The van der Waals surface area contributed by atoms with Gasteiger partial charge in [0.1, 0.15) is 12.4 Å². The molecule has 0 radical (unpaired) electrons. The van der Waals surface area contributed by atoms with Crippen molar-refractivity contribution in [2.75, 3.05) is 13.4 Å². The molecule has 1 aliphatic rings. The zero-order chi connectivity index (χ0) is 13.8. The second-order valence-electron chi connectivity index (χ2n) is 3.62. The van der Waals surface area contributed by atoms with Crippen LogP contribution in [0.1, 0.15) is 5.56 Å².